The van der Waals surface area contributed by atoms with Gasteiger partial charge in [0.25, 0.3) is 0 Å². The molecule has 0 aliphatic heterocycles. The molecular formula is C6H9Li. The summed E-state index contributed by atoms with van der Waals surface area (Å²) in [6.07, 6.45) is 3.40. The van der Waals surface area contributed by atoms with E-state index in [2.05, 4.69) is 6.58 Å². The summed E-state index contributed by atoms with van der Waals surface area (Å²) in [7, 11) is 0. The second-order valence-corrected chi connectivity index (χ2v) is 1.29. The molecule has 0 aromatic carbocycles. The van der Waals surface area contributed by atoms with Crippen LogP contribution in [0.4, 0.5) is 0 Å². The average molecular weight is 88.1 g/mol. The smallest absolute Gasteiger partial charge is 0.517 e. The van der Waals surface area contributed by atoms with Crippen LogP contribution in [-0.2, 0) is 0 Å². The first-order valence-corrected chi connectivity index (χ1v) is 1.99. The van der Waals surface area contributed by atoms with Crippen molar-refractivity contribution in [3.8, 4) is 0 Å². The summed E-state index contributed by atoms with van der Waals surface area (Å²) < 4.78 is 0. The van der Waals surface area contributed by atoms with Gasteiger partial charge in [-0.15, -0.1) is 6.58 Å². The molecule has 0 spiro atoms. The van der Waals surface area contributed by atoms with E-state index in [-0.39, 0.29) is 18.9 Å². The van der Waals surface area contributed by atoms with Gasteiger partial charge in [-0.3, -0.25) is 6.08 Å². The summed E-state index contributed by atoms with van der Waals surface area (Å²) in [5.41, 5.74) is 0. The second kappa shape index (κ2) is 6.08. The van der Waals surface area contributed by atoms with Gasteiger partial charge in [0.15, 0.2) is 0 Å². The molecule has 0 aromatic rings. The first-order chi connectivity index (χ1) is 2.81. The molecule has 0 radical (unpaired) electrons. The van der Waals surface area contributed by atoms with E-state index in [1.165, 1.54) is 0 Å². The summed E-state index contributed by atoms with van der Waals surface area (Å²) in [5.74, 6) is 0.352. The molecule has 7 heavy (non-hydrogen) atoms. The van der Waals surface area contributed by atoms with Gasteiger partial charge in [0, 0.05) is 0 Å². The molecule has 0 aliphatic carbocycles. The minimum Gasteiger partial charge on any atom is -0.517 e. The van der Waals surface area contributed by atoms with Gasteiger partial charge in [-0.2, -0.15) is 0 Å². The Balaban J connectivity index is 0. The van der Waals surface area contributed by atoms with Crippen LogP contribution >= 0.6 is 0 Å². The molecule has 1 heteroatoms. The van der Waals surface area contributed by atoms with E-state index in [0.29, 0.717) is 5.92 Å². The Morgan fingerprint density at radius 2 is 2.14 bits per heavy atom. The maximum Gasteiger partial charge on any atom is 1.00 e. The third kappa shape index (κ3) is 6.08. The van der Waals surface area contributed by atoms with E-state index in [1.807, 2.05) is 6.92 Å². The van der Waals surface area contributed by atoms with E-state index >= 15 is 0 Å². The molecule has 0 aromatic heterocycles. The Morgan fingerprint density at radius 3 is 2.14 bits per heavy atom. The summed E-state index contributed by atoms with van der Waals surface area (Å²) in [5, 5.41) is 0. The summed E-state index contributed by atoms with van der Waals surface area (Å²) in [6.45, 7) is 10.6. The van der Waals surface area contributed by atoms with E-state index < -0.39 is 0 Å². The molecule has 0 fully saturated rings. The zero-order chi connectivity index (χ0) is 4.99. The van der Waals surface area contributed by atoms with Gasteiger partial charge in [-0.25, -0.2) is 0 Å². The molecule has 0 nitrogen and oxygen atoms in total. The third-order valence-corrected chi connectivity index (χ3v) is 0.675. The third-order valence-electron chi connectivity index (χ3n) is 0.675. The van der Waals surface area contributed by atoms with Crippen LogP contribution in [0, 0.1) is 12.5 Å². The molecule has 1 atom stereocenters. The zero-order valence-electron chi connectivity index (χ0n) is 5.02. The Kier molecular flexibility index (Phi) is 8.80. The van der Waals surface area contributed by atoms with Crippen molar-refractivity contribution < 1.29 is 18.9 Å². The van der Waals surface area contributed by atoms with Crippen molar-refractivity contribution in [2.24, 2.45) is 5.92 Å². The summed E-state index contributed by atoms with van der Waals surface area (Å²) >= 11 is 0. The van der Waals surface area contributed by atoms with Crippen molar-refractivity contribution in [2.75, 3.05) is 0 Å². The van der Waals surface area contributed by atoms with Crippen molar-refractivity contribution in [2.45, 2.75) is 6.92 Å². The second-order valence-electron chi connectivity index (χ2n) is 1.29. The van der Waals surface area contributed by atoms with E-state index in [0.717, 1.165) is 0 Å². The van der Waals surface area contributed by atoms with Gasteiger partial charge in [0.1, 0.15) is 0 Å². The van der Waals surface area contributed by atoms with Crippen LogP contribution in [0.15, 0.2) is 18.7 Å². The Bertz CT molecular complexity index is 49.2. The van der Waals surface area contributed by atoms with Gasteiger partial charge in [0.05, 0.1) is 0 Å². The van der Waals surface area contributed by atoms with Crippen molar-refractivity contribution in [3.05, 3.63) is 25.3 Å². The van der Waals surface area contributed by atoms with Crippen molar-refractivity contribution in [1.29, 1.82) is 0 Å². The SMILES string of the molecule is [CH-]=CC(C)C=C.[Li+]. The molecule has 0 saturated heterocycles. The van der Waals surface area contributed by atoms with Crippen molar-refractivity contribution in [3.63, 3.8) is 0 Å². The topological polar surface area (TPSA) is 0 Å². The van der Waals surface area contributed by atoms with Gasteiger partial charge in [-0.1, -0.05) is 13.0 Å². The van der Waals surface area contributed by atoms with Gasteiger partial charge < -0.3 is 6.58 Å². The number of allylic oxidation sites excluding steroid dienone is 2. The molecule has 0 saturated carbocycles. The predicted octanol–water partition coefficient (Wildman–Crippen LogP) is -1.20. The largest absolute Gasteiger partial charge is 1.00 e. The first kappa shape index (κ1) is 10.1. The Morgan fingerprint density at radius 1 is 1.71 bits per heavy atom. The van der Waals surface area contributed by atoms with Crippen LogP contribution in [0.5, 0.6) is 0 Å². The Hall–Kier alpha value is 0.0774. The van der Waals surface area contributed by atoms with Gasteiger partial charge >= 0.3 is 18.9 Å². The van der Waals surface area contributed by atoms with Crippen molar-refractivity contribution >= 4 is 0 Å². The van der Waals surface area contributed by atoms with Crippen LogP contribution in [0.2, 0.25) is 0 Å². The fourth-order valence-electron chi connectivity index (χ4n) is 0.0786. The van der Waals surface area contributed by atoms with Crippen LogP contribution < -0.4 is 18.9 Å². The fraction of sp³-hybridized carbons (Fsp3) is 0.333. The quantitative estimate of drug-likeness (QED) is 0.226. The fourth-order valence-corrected chi connectivity index (χ4v) is 0.0786. The van der Waals surface area contributed by atoms with E-state index in [1.54, 1.807) is 12.2 Å². The van der Waals surface area contributed by atoms with Crippen LogP contribution in [0.3, 0.4) is 0 Å². The molecule has 1 unspecified atom stereocenters. The predicted molar refractivity (Wildman–Crippen MR) is 28.2 cm³/mol. The van der Waals surface area contributed by atoms with Crippen LogP contribution in [0.1, 0.15) is 6.92 Å². The standard InChI is InChI=1S/C6H9.Li/c1-4-6(3)5-2;/h1,4-6H,2H2,3H3;/q-1;+1. The van der Waals surface area contributed by atoms with Gasteiger partial charge in [-0.05, 0) is 5.92 Å². The average Bonchev–Trinajstić information content (AvgIpc) is 1.65. The molecule has 0 bridgehead atoms. The zero-order valence-corrected chi connectivity index (χ0v) is 5.02. The van der Waals surface area contributed by atoms with Gasteiger partial charge in [0.2, 0.25) is 0 Å². The summed E-state index contributed by atoms with van der Waals surface area (Å²) in [4.78, 5) is 0. The summed E-state index contributed by atoms with van der Waals surface area (Å²) in [6, 6.07) is 0. The minimum atomic E-state index is 0. The number of hydrogen-bond donors (Lipinski definition) is 0. The van der Waals surface area contributed by atoms with Crippen molar-refractivity contribution in [1.82, 2.24) is 0 Å². The molecule has 0 rings (SSSR count). The number of hydrogen-bond acceptors (Lipinski definition) is 0. The monoisotopic (exact) mass is 88.1 g/mol. The normalized spacial score (nSPS) is 11.0. The van der Waals surface area contributed by atoms with Crippen LogP contribution in [-0.4, -0.2) is 0 Å². The molecule has 0 aliphatic rings. The molecule has 34 valence electrons. The molecule has 0 heterocycles. The number of rotatable bonds is 2. The Labute approximate surface area is 57.5 Å². The first-order valence-electron chi connectivity index (χ1n) is 1.99. The minimum absolute atomic E-state index is 0. The van der Waals surface area contributed by atoms with E-state index in [9.17, 15) is 0 Å². The maximum absolute atomic E-state index is 5.09. The van der Waals surface area contributed by atoms with E-state index in [4.69, 9.17) is 6.58 Å². The van der Waals surface area contributed by atoms with Crippen LogP contribution in [0.25, 0.3) is 0 Å². The molecule has 0 amide bonds. The molecular weight excluding hydrogens is 79.0 g/mol. The maximum atomic E-state index is 5.09. The molecule has 0 N–H and O–H groups in total.